The molecule has 2 amide bonds. The number of aliphatic hydroxyl groups excluding tert-OH is 1. The summed E-state index contributed by atoms with van der Waals surface area (Å²) in [4.78, 5) is 36.2. The first-order valence-electron chi connectivity index (χ1n) is 19.5. The number of hydrogen-bond donors (Lipinski definition) is 1. The number of carbonyl (C=O) groups excluding carboxylic acids is 2. The Morgan fingerprint density at radius 1 is 0.942 bits per heavy atom. The second kappa shape index (κ2) is 14.5. The van der Waals surface area contributed by atoms with Gasteiger partial charge in [-0.25, -0.2) is 9.78 Å². The van der Waals surface area contributed by atoms with Crippen molar-refractivity contribution in [1.29, 1.82) is 0 Å². The van der Waals surface area contributed by atoms with Crippen molar-refractivity contribution >= 4 is 17.8 Å². The van der Waals surface area contributed by atoms with Crippen LogP contribution in [0.3, 0.4) is 0 Å². The van der Waals surface area contributed by atoms with E-state index in [0.717, 1.165) is 55.4 Å². The van der Waals surface area contributed by atoms with Crippen molar-refractivity contribution in [3.05, 3.63) is 60.0 Å². The summed E-state index contributed by atoms with van der Waals surface area (Å²) >= 11 is 0. The normalized spacial score (nSPS) is 26.6. The summed E-state index contributed by atoms with van der Waals surface area (Å²) in [5, 5.41) is 14.5. The molecule has 1 saturated heterocycles. The molecular weight excluding hydrogens is 654 g/mol. The van der Waals surface area contributed by atoms with Crippen LogP contribution in [0.5, 0.6) is 5.75 Å². The van der Waals surface area contributed by atoms with E-state index in [4.69, 9.17) is 14.5 Å². The summed E-state index contributed by atoms with van der Waals surface area (Å²) in [6, 6.07) is 10.8. The van der Waals surface area contributed by atoms with Crippen molar-refractivity contribution < 1.29 is 24.2 Å². The third kappa shape index (κ3) is 7.45. The highest BCUT2D eigenvalue weighted by molar-refractivity contribution is 5.95. The number of hydrogen-bond acceptors (Lipinski definition) is 7. The average Bonchev–Trinajstić information content (AvgIpc) is 3.67. The molecule has 280 valence electrons. The number of aryl methyl sites for hydroxylation is 1. The SMILES string of the molecule is COc1ccc(C23CCC(CN(c4cc(-c5cnn(C(C)(C)C)c5)ccn4)C(=O)[C@H]4CC[C@H](OC(=O)N5CCC(O)CC5)CC4)(CC2)CC3)cc1C. The predicted molar refractivity (Wildman–Crippen MR) is 201 cm³/mol. The van der Waals surface area contributed by atoms with Crippen molar-refractivity contribution in [3.8, 4) is 16.9 Å². The number of rotatable bonds is 8. The first-order chi connectivity index (χ1) is 24.9. The second-order valence-corrected chi connectivity index (χ2v) is 17.2. The number of pyridine rings is 1. The fourth-order valence-corrected chi connectivity index (χ4v) is 9.25. The standard InChI is InChI=1S/C42H57N5O5/c1-29-24-33(8-11-36(29)51-5)42-18-15-41(16-19-42,17-20-42)28-46(37-25-31(12-21-43-37)32-26-44-47(27-32)40(2,3)4)38(49)30-6-9-35(10-7-30)52-39(50)45-22-13-34(48)14-23-45/h8,11-12,21,24-27,30,34-35,48H,6-7,9-10,13-20,22-23,28H2,1-5H3/t30-,35-,41?,42?. The van der Waals surface area contributed by atoms with E-state index >= 15 is 0 Å². The monoisotopic (exact) mass is 711 g/mol. The molecule has 0 unspecified atom stereocenters. The van der Waals surface area contributed by atoms with Crippen molar-refractivity contribution in [2.45, 2.75) is 128 Å². The number of benzene rings is 1. The molecule has 52 heavy (non-hydrogen) atoms. The Morgan fingerprint density at radius 2 is 1.63 bits per heavy atom. The van der Waals surface area contributed by atoms with Crippen LogP contribution in [0.4, 0.5) is 10.6 Å². The molecular formula is C42H57N5O5. The average molecular weight is 712 g/mol. The maximum atomic E-state index is 14.7. The third-order valence-electron chi connectivity index (χ3n) is 12.8. The van der Waals surface area contributed by atoms with E-state index in [9.17, 15) is 14.7 Å². The fourth-order valence-electron chi connectivity index (χ4n) is 9.25. The molecule has 4 aliphatic carbocycles. The van der Waals surface area contributed by atoms with Gasteiger partial charge in [0.05, 0.1) is 24.9 Å². The minimum atomic E-state index is -0.341. The number of nitrogens with zero attached hydrogens (tertiary/aromatic N) is 5. The van der Waals surface area contributed by atoms with E-state index in [1.54, 1.807) is 12.0 Å². The van der Waals surface area contributed by atoms with Crippen LogP contribution >= 0.6 is 0 Å². The summed E-state index contributed by atoms with van der Waals surface area (Å²) in [7, 11) is 1.73. The van der Waals surface area contributed by atoms with Gasteiger partial charge in [0.1, 0.15) is 17.7 Å². The summed E-state index contributed by atoms with van der Waals surface area (Å²) < 4.78 is 13.4. The molecule has 3 heterocycles. The van der Waals surface area contributed by atoms with Gasteiger partial charge in [-0.05, 0) is 150 Å². The summed E-state index contributed by atoms with van der Waals surface area (Å²) in [5.41, 5.74) is 4.70. The smallest absolute Gasteiger partial charge is 0.410 e. The number of carbonyl (C=O) groups is 2. The minimum absolute atomic E-state index is 0.0441. The minimum Gasteiger partial charge on any atom is -0.496 e. The first-order valence-corrected chi connectivity index (χ1v) is 19.5. The lowest BCUT2D eigenvalue weighted by molar-refractivity contribution is -0.124. The lowest BCUT2D eigenvalue weighted by Crippen LogP contribution is -2.52. The van der Waals surface area contributed by atoms with E-state index < -0.39 is 0 Å². The maximum Gasteiger partial charge on any atom is 0.410 e. The number of likely N-dealkylation sites (tertiary alicyclic amines) is 1. The lowest BCUT2D eigenvalue weighted by Gasteiger charge is -2.55. The number of anilines is 1. The quantitative estimate of drug-likeness (QED) is 0.254. The van der Waals surface area contributed by atoms with Gasteiger partial charge in [-0.1, -0.05) is 12.1 Å². The Balaban J connectivity index is 1.09. The van der Waals surface area contributed by atoms with Gasteiger partial charge in [-0.3, -0.25) is 14.4 Å². The Kier molecular flexibility index (Phi) is 10.1. The van der Waals surface area contributed by atoms with Crippen LogP contribution in [-0.2, 0) is 20.5 Å². The van der Waals surface area contributed by atoms with Gasteiger partial charge < -0.3 is 19.5 Å². The largest absolute Gasteiger partial charge is 0.496 e. The van der Waals surface area contributed by atoms with Crippen molar-refractivity contribution in [3.63, 3.8) is 0 Å². The van der Waals surface area contributed by atoms with Crippen LogP contribution < -0.4 is 9.64 Å². The Bertz CT molecular complexity index is 1720. The second-order valence-electron chi connectivity index (χ2n) is 17.2. The highest BCUT2D eigenvalue weighted by atomic mass is 16.6. The van der Waals surface area contributed by atoms with Gasteiger partial charge in [0, 0.05) is 43.5 Å². The predicted octanol–water partition coefficient (Wildman–Crippen LogP) is 7.79. The molecule has 1 N–H and O–H groups in total. The van der Waals surface area contributed by atoms with Gasteiger partial charge in [-0.15, -0.1) is 0 Å². The molecule has 3 aromatic rings. The number of methoxy groups -OCH3 is 1. The van der Waals surface area contributed by atoms with Crippen LogP contribution in [0.1, 0.15) is 109 Å². The number of amides is 2. The number of piperidine rings is 1. The number of aromatic nitrogens is 3. The van der Waals surface area contributed by atoms with Crippen molar-refractivity contribution in [2.24, 2.45) is 11.3 Å². The Hall–Kier alpha value is -3.92. The molecule has 0 atom stereocenters. The van der Waals surface area contributed by atoms with E-state index in [2.05, 4.69) is 63.3 Å². The van der Waals surface area contributed by atoms with Crippen molar-refractivity contribution in [2.75, 3.05) is 31.6 Å². The number of ether oxygens (including phenoxy) is 2. The topological polar surface area (TPSA) is 110 Å². The van der Waals surface area contributed by atoms with Crippen LogP contribution in [0.25, 0.3) is 11.1 Å². The highest BCUT2D eigenvalue weighted by Gasteiger charge is 2.51. The van der Waals surface area contributed by atoms with E-state index in [0.29, 0.717) is 64.0 Å². The van der Waals surface area contributed by atoms with Crippen molar-refractivity contribution in [1.82, 2.24) is 19.7 Å². The Morgan fingerprint density at radius 3 is 2.25 bits per heavy atom. The zero-order valence-corrected chi connectivity index (χ0v) is 31.8. The van der Waals surface area contributed by atoms with Gasteiger partial charge in [0.15, 0.2) is 0 Å². The van der Waals surface area contributed by atoms with Crippen LogP contribution in [0.2, 0.25) is 0 Å². The van der Waals surface area contributed by atoms with Gasteiger partial charge >= 0.3 is 6.09 Å². The zero-order valence-electron chi connectivity index (χ0n) is 31.8. The summed E-state index contributed by atoms with van der Waals surface area (Å²) in [6.45, 7) is 10.2. The molecule has 10 nitrogen and oxygen atoms in total. The maximum absolute atomic E-state index is 14.7. The van der Waals surface area contributed by atoms with Crippen LogP contribution in [0.15, 0.2) is 48.9 Å². The molecule has 2 bridgehead atoms. The lowest BCUT2D eigenvalue weighted by atomic mass is 9.51. The summed E-state index contributed by atoms with van der Waals surface area (Å²) in [6.07, 6.45) is 15.4. The fraction of sp³-hybridized carbons (Fsp3) is 0.619. The third-order valence-corrected chi connectivity index (χ3v) is 12.8. The molecule has 4 saturated carbocycles. The van der Waals surface area contributed by atoms with Gasteiger partial charge in [0.2, 0.25) is 5.91 Å². The molecule has 5 fully saturated rings. The van der Waals surface area contributed by atoms with Crippen LogP contribution in [0, 0.1) is 18.3 Å². The number of fused-ring (bicyclic) bond motifs is 3. The highest BCUT2D eigenvalue weighted by Crippen LogP contribution is 2.58. The summed E-state index contributed by atoms with van der Waals surface area (Å²) in [5.74, 6) is 1.62. The first kappa shape index (κ1) is 36.4. The van der Waals surface area contributed by atoms with E-state index in [1.807, 2.05) is 28.0 Å². The van der Waals surface area contributed by atoms with Gasteiger partial charge in [-0.2, -0.15) is 5.10 Å². The van der Waals surface area contributed by atoms with Crippen LogP contribution in [-0.4, -0.2) is 75.7 Å². The molecule has 2 aromatic heterocycles. The Labute approximate surface area is 308 Å². The molecule has 8 rings (SSSR count). The van der Waals surface area contributed by atoms with Gasteiger partial charge in [0.25, 0.3) is 0 Å². The molecule has 1 aromatic carbocycles. The van der Waals surface area contributed by atoms with E-state index in [1.165, 1.54) is 11.1 Å². The molecule has 1 aliphatic heterocycles. The van der Waals surface area contributed by atoms with E-state index in [-0.39, 0.29) is 46.5 Å². The molecule has 10 heteroatoms. The molecule has 0 spiro atoms. The number of aliphatic hydroxyl groups is 1. The molecule has 0 radical (unpaired) electrons. The zero-order chi connectivity index (χ0) is 36.7. The molecule has 5 aliphatic rings.